The minimum absolute atomic E-state index is 0.489. The van der Waals surface area contributed by atoms with Gasteiger partial charge in [-0.05, 0) is 42.5 Å². The van der Waals surface area contributed by atoms with E-state index in [1.54, 1.807) is 12.3 Å². The Labute approximate surface area is 84.8 Å². The van der Waals surface area contributed by atoms with E-state index in [0.717, 1.165) is 21.9 Å². The van der Waals surface area contributed by atoms with Gasteiger partial charge in [-0.1, -0.05) is 0 Å². The monoisotopic (exact) mass is 202 g/mol. The average Bonchev–Trinajstić information content (AvgIpc) is 2.65. The first kappa shape index (κ1) is 7.76. The third kappa shape index (κ3) is 0.992. The van der Waals surface area contributed by atoms with Gasteiger partial charge in [0.05, 0.1) is 11.6 Å². The maximum Gasteiger partial charge on any atom is 0.190 e. The molecule has 0 fully saturated rings. The molecule has 0 saturated carbocycles. The van der Waals surface area contributed by atoms with Crippen LogP contribution in [0.25, 0.3) is 21.9 Å². The fraction of sp³-hybridized carbons (Fsp3) is 0. The Morgan fingerprint density at radius 3 is 2.86 bits per heavy atom. The summed E-state index contributed by atoms with van der Waals surface area (Å²) in [5.74, 6) is 0. The summed E-state index contributed by atoms with van der Waals surface area (Å²) in [6, 6.07) is 9.48. The zero-order valence-corrected chi connectivity index (χ0v) is 8.01. The van der Waals surface area contributed by atoms with Crippen LogP contribution in [0.3, 0.4) is 0 Å². The topological polar surface area (TPSA) is 26.3 Å². The molecule has 1 aromatic carbocycles. The average molecular weight is 202 g/mol. The van der Waals surface area contributed by atoms with Crippen molar-refractivity contribution in [3.05, 3.63) is 41.3 Å². The number of fused-ring (bicyclic) bond motifs is 3. The summed E-state index contributed by atoms with van der Waals surface area (Å²) in [6.45, 7) is 0. The van der Waals surface area contributed by atoms with Crippen LogP contribution in [0.4, 0.5) is 0 Å². The Hall–Kier alpha value is -1.61. The van der Waals surface area contributed by atoms with E-state index in [1.807, 2.05) is 24.3 Å². The highest BCUT2D eigenvalue weighted by Gasteiger charge is 2.03. The third-order valence-electron chi connectivity index (χ3n) is 2.22. The van der Waals surface area contributed by atoms with Crippen molar-refractivity contribution in [1.29, 1.82) is 0 Å². The van der Waals surface area contributed by atoms with E-state index >= 15 is 0 Å². The van der Waals surface area contributed by atoms with Crippen molar-refractivity contribution in [1.82, 2.24) is 0 Å². The molecule has 2 heterocycles. The first-order chi connectivity index (χ1) is 6.84. The molecule has 0 saturated heterocycles. The first-order valence-corrected chi connectivity index (χ1v) is 4.65. The van der Waals surface area contributed by atoms with E-state index in [9.17, 15) is 0 Å². The molecule has 0 unspecified atom stereocenters. The number of furan rings is 1. The van der Waals surface area contributed by atoms with Gasteiger partial charge in [0.15, 0.2) is 4.71 Å². The summed E-state index contributed by atoms with van der Waals surface area (Å²) in [6.07, 6.45) is 1.67. The highest BCUT2D eigenvalue weighted by Crippen LogP contribution is 2.25. The van der Waals surface area contributed by atoms with Crippen molar-refractivity contribution in [2.45, 2.75) is 0 Å². The predicted molar refractivity (Wildman–Crippen MR) is 56.8 cm³/mol. The Kier molecular flexibility index (Phi) is 1.49. The lowest BCUT2D eigenvalue weighted by atomic mass is 10.2. The number of benzene rings is 1. The quantitative estimate of drug-likeness (QED) is 0.517. The predicted octanol–water partition coefficient (Wildman–Crippen LogP) is 3.91. The van der Waals surface area contributed by atoms with Gasteiger partial charge in [-0.3, -0.25) is 0 Å². The molecule has 0 radical (unpaired) electrons. The molecule has 68 valence electrons. The van der Waals surface area contributed by atoms with Crippen molar-refractivity contribution >= 4 is 34.2 Å². The Balaban J connectivity index is 2.63. The van der Waals surface area contributed by atoms with Gasteiger partial charge in [-0.15, -0.1) is 0 Å². The molecule has 3 rings (SSSR count). The Morgan fingerprint density at radius 1 is 1.00 bits per heavy atom. The number of rotatable bonds is 0. The summed E-state index contributed by atoms with van der Waals surface area (Å²) < 4.78 is 11.3. The molecule has 0 bridgehead atoms. The molecular weight excluding hydrogens is 196 g/mol. The van der Waals surface area contributed by atoms with E-state index in [-0.39, 0.29) is 0 Å². The van der Waals surface area contributed by atoms with E-state index in [4.69, 9.17) is 21.1 Å². The Bertz CT molecular complexity index is 663. The molecule has 0 aliphatic carbocycles. The minimum atomic E-state index is 0.489. The fourth-order valence-electron chi connectivity index (χ4n) is 1.58. The van der Waals surface area contributed by atoms with Crippen LogP contribution in [0.1, 0.15) is 0 Å². The zero-order chi connectivity index (χ0) is 9.54. The molecule has 14 heavy (non-hydrogen) atoms. The van der Waals surface area contributed by atoms with Crippen molar-refractivity contribution in [3.63, 3.8) is 0 Å². The lowest BCUT2D eigenvalue weighted by Crippen LogP contribution is -1.72. The standard InChI is InChI=1S/C11H6O2S/c14-10-4-2-8-9(13-10)3-1-7-5-6-12-11(7)8/h1-6H. The molecule has 2 aromatic heterocycles. The normalized spacial score (nSPS) is 11.1. The van der Waals surface area contributed by atoms with E-state index in [2.05, 4.69) is 0 Å². The third-order valence-corrected chi connectivity index (χ3v) is 2.44. The van der Waals surface area contributed by atoms with Crippen LogP contribution in [0.5, 0.6) is 0 Å². The molecule has 0 aliphatic rings. The lowest BCUT2D eigenvalue weighted by molar-refractivity contribution is 0.584. The first-order valence-electron chi connectivity index (χ1n) is 4.25. The number of hydrogen-bond donors (Lipinski definition) is 0. The van der Waals surface area contributed by atoms with E-state index in [0.29, 0.717) is 4.71 Å². The van der Waals surface area contributed by atoms with Gasteiger partial charge in [0.1, 0.15) is 11.2 Å². The second kappa shape index (κ2) is 2.69. The van der Waals surface area contributed by atoms with Crippen LogP contribution in [-0.2, 0) is 0 Å². The molecule has 3 heteroatoms. The fourth-order valence-corrected chi connectivity index (χ4v) is 1.73. The van der Waals surface area contributed by atoms with Crippen LogP contribution >= 0.6 is 12.2 Å². The van der Waals surface area contributed by atoms with Crippen LogP contribution < -0.4 is 0 Å². The smallest absolute Gasteiger partial charge is 0.190 e. The summed E-state index contributed by atoms with van der Waals surface area (Å²) in [5, 5.41) is 2.03. The second-order valence-electron chi connectivity index (χ2n) is 3.07. The largest absolute Gasteiger partial charge is 0.464 e. The molecule has 0 N–H and O–H groups in total. The van der Waals surface area contributed by atoms with Gasteiger partial charge < -0.3 is 8.83 Å². The van der Waals surface area contributed by atoms with E-state index < -0.39 is 0 Å². The van der Waals surface area contributed by atoms with Crippen LogP contribution in [0.15, 0.2) is 45.4 Å². The van der Waals surface area contributed by atoms with Crippen molar-refractivity contribution in [2.75, 3.05) is 0 Å². The summed E-state index contributed by atoms with van der Waals surface area (Å²) in [7, 11) is 0. The van der Waals surface area contributed by atoms with Gasteiger partial charge in [-0.25, -0.2) is 0 Å². The van der Waals surface area contributed by atoms with E-state index in [1.165, 1.54) is 0 Å². The molecule has 0 aliphatic heterocycles. The van der Waals surface area contributed by atoms with Crippen LogP contribution in [-0.4, -0.2) is 0 Å². The van der Waals surface area contributed by atoms with Gasteiger partial charge in [0.2, 0.25) is 0 Å². The molecule has 0 spiro atoms. The highest BCUT2D eigenvalue weighted by molar-refractivity contribution is 7.71. The van der Waals surface area contributed by atoms with Crippen LogP contribution in [0.2, 0.25) is 0 Å². The lowest BCUT2D eigenvalue weighted by Gasteiger charge is -1.96. The second-order valence-corrected chi connectivity index (χ2v) is 3.47. The van der Waals surface area contributed by atoms with Gasteiger partial charge >= 0.3 is 0 Å². The maximum absolute atomic E-state index is 5.39. The number of hydrogen-bond acceptors (Lipinski definition) is 3. The SMILES string of the molecule is S=c1ccc2c(ccc3ccoc32)o1. The highest BCUT2D eigenvalue weighted by atomic mass is 32.1. The van der Waals surface area contributed by atoms with Gasteiger partial charge in [-0.2, -0.15) is 0 Å². The minimum Gasteiger partial charge on any atom is -0.464 e. The zero-order valence-electron chi connectivity index (χ0n) is 7.19. The summed E-state index contributed by atoms with van der Waals surface area (Å²) in [4.78, 5) is 0. The Morgan fingerprint density at radius 2 is 1.93 bits per heavy atom. The molecular formula is C11H6O2S. The van der Waals surface area contributed by atoms with Crippen molar-refractivity contribution in [3.8, 4) is 0 Å². The molecule has 0 atom stereocenters. The maximum atomic E-state index is 5.39. The van der Waals surface area contributed by atoms with Crippen molar-refractivity contribution in [2.24, 2.45) is 0 Å². The van der Waals surface area contributed by atoms with Gasteiger partial charge in [0, 0.05) is 5.39 Å². The van der Waals surface area contributed by atoms with Gasteiger partial charge in [0.25, 0.3) is 0 Å². The summed E-state index contributed by atoms with van der Waals surface area (Å²) >= 11 is 4.94. The van der Waals surface area contributed by atoms with Crippen LogP contribution in [0, 0.1) is 4.71 Å². The van der Waals surface area contributed by atoms with Crippen molar-refractivity contribution < 1.29 is 8.83 Å². The molecule has 2 nitrogen and oxygen atoms in total. The summed E-state index contributed by atoms with van der Waals surface area (Å²) in [5.41, 5.74) is 1.61. The molecule has 3 aromatic rings. The molecule has 0 amide bonds.